The minimum absolute atomic E-state index is 0.0655. The Balaban J connectivity index is 0.000000190. The SMILES string of the molecule is COc1ccc2cccnc2c1N1CCCN([C@@H](CC(=O)NCCN2CCCC2)c2ccn(C(C)C)n2)CC1.COc1ccc2cccnc2c1N1CCCN([C@H](CC(=O)NCCN2CCCC2)c2ccn(C(C)C)n2)CC1. The summed E-state index contributed by atoms with van der Waals surface area (Å²) in [5, 5.41) is 18.4. The zero-order chi connectivity index (χ0) is 54.4. The molecule has 2 N–H and O–H groups in total. The highest BCUT2D eigenvalue weighted by Crippen LogP contribution is 2.38. The van der Waals surface area contributed by atoms with E-state index in [0.29, 0.717) is 25.9 Å². The Morgan fingerprint density at radius 1 is 0.513 bits per heavy atom. The van der Waals surface area contributed by atoms with Crippen molar-refractivity contribution in [3.63, 3.8) is 0 Å². The molecular formula is C60H86N14O4. The van der Waals surface area contributed by atoms with Crippen molar-refractivity contribution in [1.82, 2.24) is 59.8 Å². The second-order valence-corrected chi connectivity index (χ2v) is 22.0. The van der Waals surface area contributed by atoms with Crippen molar-refractivity contribution in [1.29, 1.82) is 0 Å². The largest absolute Gasteiger partial charge is 0.494 e. The van der Waals surface area contributed by atoms with Crippen LogP contribution >= 0.6 is 0 Å². The summed E-state index contributed by atoms with van der Waals surface area (Å²) in [7, 11) is 3.45. The molecule has 6 aromatic rings. The van der Waals surface area contributed by atoms with E-state index in [2.05, 4.69) is 104 Å². The lowest BCUT2D eigenvalue weighted by Gasteiger charge is -2.30. The minimum atomic E-state index is -0.0655. The predicted octanol–water partition coefficient (Wildman–Crippen LogP) is 7.75. The van der Waals surface area contributed by atoms with Gasteiger partial charge in [-0.25, -0.2) is 0 Å². The van der Waals surface area contributed by atoms with Crippen molar-refractivity contribution >= 4 is 45.0 Å². The van der Waals surface area contributed by atoms with Gasteiger partial charge in [0.15, 0.2) is 0 Å². The summed E-state index contributed by atoms with van der Waals surface area (Å²) in [4.78, 5) is 50.3. The second kappa shape index (κ2) is 27.5. The third-order valence-corrected chi connectivity index (χ3v) is 16.1. The highest BCUT2D eigenvalue weighted by atomic mass is 16.5. The Kier molecular flexibility index (Phi) is 19.9. The lowest BCUT2D eigenvalue weighted by atomic mass is 10.1. The van der Waals surface area contributed by atoms with E-state index < -0.39 is 0 Å². The first-order chi connectivity index (χ1) is 38.1. The van der Waals surface area contributed by atoms with Gasteiger partial charge < -0.3 is 39.7 Å². The number of carbonyl (C=O) groups is 2. The number of nitrogens with one attached hydrogen (secondary N) is 2. The van der Waals surface area contributed by atoms with E-state index in [1.165, 1.54) is 25.7 Å². The van der Waals surface area contributed by atoms with E-state index in [9.17, 15) is 9.59 Å². The average molecular weight is 1070 g/mol. The summed E-state index contributed by atoms with van der Waals surface area (Å²) in [6, 6.07) is 20.9. The molecule has 420 valence electrons. The van der Waals surface area contributed by atoms with Gasteiger partial charge in [-0.05, 0) is 141 Å². The molecule has 18 heteroatoms. The van der Waals surface area contributed by atoms with Crippen LogP contribution in [0.2, 0.25) is 0 Å². The molecular weight excluding hydrogens is 981 g/mol. The van der Waals surface area contributed by atoms with Crippen molar-refractivity contribution in [2.75, 3.05) is 129 Å². The second-order valence-electron chi connectivity index (χ2n) is 22.0. The van der Waals surface area contributed by atoms with Gasteiger partial charge in [-0.1, -0.05) is 12.1 Å². The molecule has 0 spiro atoms. The van der Waals surface area contributed by atoms with Crippen molar-refractivity contribution in [3.05, 3.63) is 96.8 Å². The van der Waals surface area contributed by atoms with Crippen LogP contribution in [0.3, 0.4) is 0 Å². The summed E-state index contributed by atoms with van der Waals surface area (Å²) in [6.45, 7) is 23.3. The van der Waals surface area contributed by atoms with Gasteiger partial charge in [-0.3, -0.25) is 38.7 Å². The summed E-state index contributed by atoms with van der Waals surface area (Å²) >= 11 is 0. The van der Waals surface area contributed by atoms with Crippen LogP contribution < -0.4 is 29.9 Å². The van der Waals surface area contributed by atoms with Gasteiger partial charge in [0.2, 0.25) is 11.8 Å². The van der Waals surface area contributed by atoms with E-state index in [1.807, 2.05) is 58.4 Å². The standard InChI is InChI=1S/2C30H43N7O2/c2*1-23(2)37-18-11-25(33-37)26(22-28(38)31-13-19-34-14-4-5-15-34)35-16-7-17-36(21-20-35)30-27(39-3)10-9-24-8-6-12-32-29(24)30/h2*6,8-12,18,23,26H,4-5,7,13-17,19-22H2,1-3H3,(H,31,38)/t2*26-/m10/s1. The number of amides is 2. The normalized spacial score (nSPS) is 18.0. The van der Waals surface area contributed by atoms with Crippen LogP contribution in [0.1, 0.15) is 115 Å². The number of anilines is 2. The molecule has 0 aliphatic carbocycles. The molecule has 0 saturated carbocycles. The third kappa shape index (κ3) is 14.3. The van der Waals surface area contributed by atoms with Crippen LogP contribution in [0.15, 0.2) is 85.5 Å². The van der Waals surface area contributed by atoms with Gasteiger partial charge in [0, 0.05) is 139 Å². The molecule has 2 atom stereocenters. The predicted molar refractivity (Wildman–Crippen MR) is 311 cm³/mol. The first-order valence-electron chi connectivity index (χ1n) is 29.0. The fraction of sp³-hybridized carbons (Fsp3) is 0.567. The molecule has 4 saturated heterocycles. The van der Waals surface area contributed by atoms with Gasteiger partial charge in [0.05, 0.1) is 48.7 Å². The maximum atomic E-state index is 13.2. The number of methoxy groups -OCH3 is 2. The number of carbonyl (C=O) groups excluding carboxylic acids is 2. The number of benzene rings is 2. The fourth-order valence-corrected chi connectivity index (χ4v) is 11.8. The van der Waals surface area contributed by atoms with Gasteiger partial charge >= 0.3 is 0 Å². The van der Waals surface area contributed by atoms with Gasteiger partial charge in [0.25, 0.3) is 0 Å². The number of likely N-dealkylation sites (tertiary alicyclic amines) is 2. The summed E-state index contributed by atoms with van der Waals surface area (Å²) in [5.41, 5.74) is 5.98. The smallest absolute Gasteiger partial charge is 0.222 e. The number of hydrogen-bond acceptors (Lipinski definition) is 14. The topological polar surface area (TPSA) is 158 Å². The first kappa shape index (κ1) is 56.4. The number of hydrogen-bond donors (Lipinski definition) is 2. The number of pyridine rings is 2. The minimum Gasteiger partial charge on any atom is -0.494 e. The van der Waals surface area contributed by atoms with E-state index >= 15 is 0 Å². The van der Waals surface area contributed by atoms with Gasteiger partial charge in [-0.15, -0.1) is 0 Å². The van der Waals surface area contributed by atoms with Crippen LogP contribution in [0, 0.1) is 0 Å². The molecule has 4 aliphatic heterocycles. The molecule has 4 aliphatic rings. The summed E-state index contributed by atoms with van der Waals surface area (Å²) < 4.78 is 15.5. The first-order valence-corrected chi connectivity index (χ1v) is 29.0. The van der Waals surface area contributed by atoms with E-state index in [1.54, 1.807) is 14.2 Å². The summed E-state index contributed by atoms with van der Waals surface area (Å²) in [5.74, 6) is 1.89. The molecule has 0 unspecified atom stereocenters. The van der Waals surface area contributed by atoms with E-state index in [4.69, 9.17) is 29.6 Å². The molecule has 8 heterocycles. The quantitative estimate of drug-likeness (QED) is 0.0765. The fourth-order valence-electron chi connectivity index (χ4n) is 11.8. The highest BCUT2D eigenvalue weighted by Gasteiger charge is 2.31. The average Bonchev–Trinajstić information content (AvgIpc) is 4.39. The number of nitrogens with zero attached hydrogens (tertiary/aromatic N) is 12. The maximum absolute atomic E-state index is 13.2. The van der Waals surface area contributed by atoms with Crippen molar-refractivity contribution in [2.45, 2.75) is 103 Å². The zero-order valence-corrected chi connectivity index (χ0v) is 47.4. The van der Waals surface area contributed by atoms with E-state index in [0.717, 1.165) is 161 Å². The zero-order valence-electron chi connectivity index (χ0n) is 47.4. The monoisotopic (exact) mass is 1070 g/mol. The lowest BCUT2D eigenvalue weighted by Crippen LogP contribution is -2.38. The number of aromatic nitrogens is 6. The van der Waals surface area contributed by atoms with Crippen molar-refractivity contribution in [2.24, 2.45) is 0 Å². The van der Waals surface area contributed by atoms with Crippen LogP contribution in [-0.2, 0) is 9.59 Å². The summed E-state index contributed by atoms with van der Waals surface area (Å²) in [6.07, 6.45) is 15.6. The van der Waals surface area contributed by atoms with Crippen LogP contribution in [0.5, 0.6) is 11.5 Å². The number of fused-ring (bicyclic) bond motifs is 2. The van der Waals surface area contributed by atoms with Crippen LogP contribution in [0.4, 0.5) is 11.4 Å². The molecule has 4 fully saturated rings. The molecule has 10 rings (SSSR count). The van der Waals surface area contributed by atoms with Crippen LogP contribution in [0.25, 0.3) is 21.8 Å². The molecule has 4 aromatic heterocycles. The number of rotatable bonds is 20. The molecule has 18 nitrogen and oxygen atoms in total. The van der Waals surface area contributed by atoms with Gasteiger partial charge in [-0.2, -0.15) is 10.2 Å². The van der Waals surface area contributed by atoms with Crippen LogP contribution in [-0.4, -0.2) is 180 Å². The molecule has 78 heavy (non-hydrogen) atoms. The van der Waals surface area contributed by atoms with Gasteiger partial charge in [0.1, 0.15) is 22.9 Å². The molecule has 0 radical (unpaired) electrons. The van der Waals surface area contributed by atoms with Crippen molar-refractivity contribution in [3.8, 4) is 11.5 Å². The Bertz CT molecular complexity index is 2670. The highest BCUT2D eigenvalue weighted by molar-refractivity contribution is 5.95. The number of ether oxygens (including phenoxy) is 2. The molecule has 0 bridgehead atoms. The Morgan fingerprint density at radius 3 is 1.32 bits per heavy atom. The third-order valence-electron chi connectivity index (χ3n) is 16.1. The maximum Gasteiger partial charge on any atom is 0.222 e. The van der Waals surface area contributed by atoms with Crippen molar-refractivity contribution < 1.29 is 19.1 Å². The lowest BCUT2D eigenvalue weighted by molar-refractivity contribution is -0.123. The molecule has 2 amide bonds. The Morgan fingerprint density at radius 2 is 0.936 bits per heavy atom. The van der Waals surface area contributed by atoms with E-state index in [-0.39, 0.29) is 36.0 Å². The Hall–Kier alpha value is -6.34. The molecule has 2 aromatic carbocycles. The Labute approximate surface area is 462 Å².